The van der Waals surface area contributed by atoms with E-state index in [9.17, 15) is 0 Å². The number of likely N-dealkylation sites (N-methyl/N-ethyl adjacent to an activating group) is 1. The van der Waals surface area contributed by atoms with Crippen molar-refractivity contribution in [3.8, 4) is 10.6 Å². The Kier molecular flexibility index (Phi) is 4.52. The fourth-order valence-electron chi connectivity index (χ4n) is 1.36. The van der Waals surface area contributed by atoms with Crippen molar-refractivity contribution in [3.05, 3.63) is 26.3 Å². The molecule has 0 amide bonds. The zero-order chi connectivity index (χ0) is 11.4. The van der Waals surface area contributed by atoms with Gasteiger partial charge in [0.05, 0.1) is 15.6 Å². The van der Waals surface area contributed by atoms with Gasteiger partial charge in [0.15, 0.2) is 0 Å². The minimum atomic E-state index is 1.01. The molecular weight excluding hydrogens is 304 g/mol. The van der Waals surface area contributed by atoms with Crippen molar-refractivity contribution in [2.45, 2.75) is 13.3 Å². The normalized spacial score (nSPS) is 10.9. The summed E-state index contributed by atoms with van der Waals surface area (Å²) in [6.07, 6.45) is 1.02. The van der Waals surface area contributed by atoms with Crippen molar-refractivity contribution in [1.82, 2.24) is 10.3 Å². The molecule has 2 heterocycles. The van der Waals surface area contributed by atoms with Crippen LogP contribution in [0.25, 0.3) is 10.6 Å². The maximum Gasteiger partial charge on any atom is 0.0945 e. The van der Waals surface area contributed by atoms with Gasteiger partial charge in [-0.05, 0) is 28.5 Å². The summed E-state index contributed by atoms with van der Waals surface area (Å²) in [5, 5.41) is 8.75. The fraction of sp³-hybridized carbons (Fsp3) is 0.364. The van der Waals surface area contributed by atoms with Crippen LogP contribution < -0.4 is 5.32 Å². The molecule has 2 aromatic heterocycles. The third kappa shape index (κ3) is 3.13. The molecule has 0 aromatic carbocycles. The van der Waals surface area contributed by atoms with Crippen molar-refractivity contribution in [3.63, 3.8) is 0 Å². The van der Waals surface area contributed by atoms with Gasteiger partial charge in [0.25, 0.3) is 0 Å². The van der Waals surface area contributed by atoms with Gasteiger partial charge in [-0.3, -0.25) is 0 Å². The molecule has 0 aliphatic rings. The second kappa shape index (κ2) is 5.91. The molecule has 2 nitrogen and oxygen atoms in total. The summed E-state index contributed by atoms with van der Waals surface area (Å²) in [4.78, 5) is 5.87. The van der Waals surface area contributed by atoms with Crippen molar-refractivity contribution < 1.29 is 0 Å². The molecule has 0 aliphatic carbocycles. The summed E-state index contributed by atoms with van der Waals surface area (Å²) >= 11 is 6.93. The van der Waals surface area contributed by atoms with E-state index in [0.29, 0.717) is 0 Å². The van der Waals surface area contributed by atoms with Crippen LogP contribution in [-0.4, -0.2) is 18.1 Å². The van der Waals surface area contributed by atoms with Gasteiger partial charge in [0, 0.05) is 28.2 Å². The number of thiazole rings is 1. The molecule has 86 valence electrons. The van der Waals surface area contributed by atoms with Gasteiger partial charge in [-0.1, -0.05) is 6.92 Å². The van der Waals surface area contributed by atoms with E-state index >= 15 is 0 Å². The minimum absolute atomic E-state index is 1.01. The molecule has 5 heteroatoms. The molecule has 2 rings (SSSR count). The topological polar surface area (TPSA) is 24.9 Å². The lowest BCUT2D eigenvalue weighted by molar-refractivity contribution is 0.715. The monoisotopic (exact) mass is 316 g/mol. The van der Waals surface area contributed by atoms with E-state index in [1.807, 2.05) is 0 Å². The molecule has 0 atom stereocenters. The zero-order valence-corrected chi connectivity index (χ0v) is 12.2. The molecule has 0 fully saturated rings. The van der Waals surface area contributed by atoms with Crippen molar-refractivity contribution in [2.24, 2.45) is 0 Å². The number of aromatic nitrogens is 1. The molecule has 0 saturated carbocycles. The Morgan fingerprint density at radius 1 is 1.38 bits per heavy atom. The second-order valence-electron chi connectivity index (χ2n) is 3.36. The van der Waals surface area contributed by atoms with E-state index < -0.39 is 0 Å². The first-order valence-corrected chi connectivity index (χ1v) is 7.74. The Hall–Kier alpha value is -0.230. The third-order valence-electron chi connectivity index (χ3n) is 2.14. The molecule has 2 aromatic rings. The van der Waals surface area contributed by atoms with Crippen molar-refractivity contribution in [1.29, 1.82) is 0 Å². The highest BCUT2D eigenvalue weighted by molar-refractivity contribution is 9.10. The summed E-state index contributed by atoms with van der Waals surface area (Å²) in [6.45, 7) is 4.16. The average Bonchev–Trinajstić information content (AvgIpc) is 2.87. The lowest BCUT2D eigenvalue weighted by Crippen LogP contribution is -2.15. The highest BCUT2D eigenvalue weighted by Crippen LogP contribution is 2.30. The first-order valence-electron chi connectivity index (χ1n) is 5.19. The van der Waals surface area contributed by atoms with Gasteiger partial charge in [0.2, 0.25) is 0 Å². The van der Waals surface area contributed by atoms with Crippen LogP contribution in [-0.2, 0) is 6.42 Å². The number of hydrogen-bond donors (Lipinski definition) is 1. The van der Waals surface area contributed by atoms with Crippen molar-refractivity contribution >= 4 is 38.6 Å². The molecule has 0 bridgehead atoms. The average molecular weight is 317 g/mol. The summed E-state index contributed by atoms with van der Waals surface area (Å²) in [7, 11) is 0. The number of hydrogen-bond acceptors (Lipinski definition) is 4. The summed E-state index contributed by atoms with van der Waals surface area (Å²) in [5.41, 5.74) is 1.10. The van der Waals surface area contributed by atoms with Gasteiger partial charge in [0.1, 0.15) is 0 Å². The van der Waals surface area contributed by atoms with Gasteiger partial charge in [-0.2, -0.15) is 0 Å². The lowest BCUT2D eigenvalue weighted by atomic mass is 10.4. The van der Waals surface area contributed by atoms with Crippen LogP contribution in [0.5, 0.6) is 0 Å². The number of nitrogens with one attached hydrogen (secondary N) is 1. The Labute approximate surface area is 112 Å². The van der Waals surface area contributed by atoms with Crippen LogP contribution in [0.1, 0.15) is 11.9 Å². The molecule has 1 N–H and O–H groups in total. The maximum atomic E-state index is 4.63. The first-order chi connectivity index (χ1) is 7.79. The number of halogens is 1. The standard InChI is InChI=1S/C11H13BrN2S2/c1-2-13-4-3-11-14-9(7-16-11)10-5-8(12)6-15-10/h5-7,13H,2-4H2,1H3. The van der Waals surface area contributed by atoms with E-state index in [1.54, 1.807) is 22.7 Å². The fourth-order valence-corrected chi connectivity index (χ4v) is 3.62. The van der Waals surface area contributed by atoms with Gasteiger partial charge in [-0.25, -0.2) is 4.98 Å². The molecular formula is C11H13BrN2S2. The Morgan fingerprint density at radius 3 is 2.94 bits per heavy atom. The lowest BCUT2D eigenvalue weighted by Gasteiger charge is -1.96. The highest BCUT2D eigenvalue weighted by atomic mass is 79.9. The summed E-state index contributed by atoms with van der Waals surface area (Å²) < 4.78 is 1.13. The van der Waals surface area contributed by atoms with Gasteiger partial charge < -0.3 is 5.32 Å². The third-order valence-corrected chi connectivity index (χ3v) is 4.76. The van der Waals surface area contributed by atoms with Crippen molar-refractivity contribution in [2.75, 3.05) is 13.1 Å². The predicted molar refractivity (Wildman–Crippen MR) is 75.4 cm³/mol. The minimum Gasteiger partial charge on any atom is -0.317 e. The first kappa shape index (κ1) is 12.2. The smallest absolute Gasteiger partial charge is 0.0945 e. The number of nitrogens with zero attached hydrogens (tertiary/aromatic N) is 1. The largest absolute Gasteiger partial charge is 0.317 e. The second-order valence-corrected chi connectivity index (χ2v) is 6.13. The molecule has 0 unspecified atom stereocenters. The van der Waals surface area contributed by atoms with E-state index in [2.05, 4.69) is 50.0 Å². The SMILES string of the molecule is CCNCCc1nc(-c2cc(Br)cs2)cs1. The molecule has 0 aliphatic heterocycles. The van der Waals surface area contributed by atoms with Gasteiger partial charge in [-0.15, -0.1) is 22.7 Å². The van der Waals surface area contributed by atoms with Crippen LogP contribution in [0.3, 0.4) is 0 Å². The summed E-state index contributed by atoms with van der Waals surface area (Å²) in [5.74, 6) is 0. The van der Waals surface area contributed by atoms with E-state index in [4.69, 9.17) is 0 Å². The zero-order valence-electron chi connectivity index (χ0n) is 9.00. The van der Waals surface area contributed by atoms with Crippen LogP contribution in [0, 0.1) is 0 Å². The molecule has 0 saturated heterocycles. The Morgan fingerprint density at radius 2 is 2.25 bits per heavy atom. The number of rotatable bonds is 5. The Bertz CT molecular complexity index is 450. The van der Waals surface area contributed by atoms with Crippen LogP contribution in [0.2, 0.25) is 0 Å². The number of thiophene rings is 1. The molecule has 16 heavy (non-hydrogen) atoms. The summed E-state index contributed by atoms with van der Waals surface area (Å²) in [6, 6.07) is 2.12. The van der Waals surface area contributed by atoms with E-state index in [1.165, 1.54) is 9.88 Å². The highest BCUT2D eigenvalue weighted by Gasteiger charge is 2.06. The maximum absolute atomic E-state index is 4.63. The van der Waals surface area contributed by atoms with Crippen LogP contribution >= 0.6 is 38.6 Å². The molecule has 0 spiro atoms. The predicted octanol–water partition coefficient (Wildman–Crippen LogP) is 3.79. The Balaban J connectivity index is 2.02. The quantitative estimate of drug-likeness (QED) is 0.849. The van der Waals surface area contributed by atoms with Gasteiger partial charge >= 0.3 is 0 Å². The van der Waals surface area contributed by atoms with E-state index in [-0.39, 0.29) is 0 Å². The van der Waals surface area contributed by atoms with Crippen LogP contribution in [0.15, 0.2) is 21.3 Å². The van der Waals surface area contributed by atoms with Crippen LogP contribution in [0.4, 0.5) is 0 Å². The molecule has 0 radical (unpaired) electrons. The van der Waals surface area contributed by atoms with E-state index in [0.717, 1.165) is 29.7 Å².